The third-order valence-electron chi connectivity index (χ3n) is 5.85. The van der Waals surface area contributed by atoms with Gasteiger partial charge in [0.2, 0.25) is 0 Å². The van der Waals surface area contributed by atoms with E-state index >= 15 is 0 Å². The zero-order valence-corrected chi connectivity index (χ0v) is 15.8. The number of aliphatic hydroxyl groups excluding tert-OH is 1. The number of fused-ring (bicyclic) bond motifs is 3. The minimum absolute atomic E-state index is 0. The maximum atomic E-state index is 11.9. The van der Waals surface area contributed by atoms with Crippen LogP contribution in [0.1, 0.15) is 47.3 Å². The third kappa shape index (κ3) is 4.73. The summed E-state index contributed by atoms with van der Waals surface area (Å²) in [5.41, 5.74) is 9.57. The Balaban J connectivity index is 0.00000240. The second kappa shape index (κ2) is 9.41. The Labute approximate surface area is 182 Å². The van der Waals surface area contributed by atoms with E-state index in [0.717, 1.165) is 48.8 Å². The summed E-state index contributed by atoms with van der Waals surface area (Å²) in [6.07, 6.45) is 8.17. The topological polar surface area (TPSA) is 126 Å². The van der Waals surface area contributed by atoms with E-state index < -0.39 is 12.1 Å². The van der Waals surface area contributed by atoms with Gasteiger partial charge in [0.25, 0.3) is 0 Å². The Morgan fingerprint density at radius 1 is 1.31 bits per heavy atom. The zero-order valence-electron chi connectivity index (χ0n) is 15.8. The second-order valence-electron chi connectivity index (χ2n) is 7.87. The van der Waals surface area contributed by atoms with Crippen molar-refractivity contribution in [2.75, 3.05) is 6.54 Å². The number of rotatable bonds is 6. The average Bonchev–Trinajstić information content (AvgIpc) is 3.06. The van der Waals surface area contributed by atoms with E-state index in [9.17, 15) is 15.0 Å². The van der Waals surface area contributed by atoms with Crippen LogP contribution in [0.5, 0.6) is 0 Å². The molecule has 9 heteroatoms. The normalized spacial score (nSPS) is 21.6. The predicted octanol–water partition coefficient (Wildman–Crippen LogP) is 0.314. The molecule has 2 aliphatic carbocycles. The van der Waals surface area contributed by atoms with E-state index in [1.54, 1.807) is 6.20 Å². The fraction of sp³-hybridized carbons (Fsp3) is 0.550. The molecule has 1 atom stereocenters. The molecular weight excluding hydrogens is 365 g/mol. The summed E-state index contributed by atoms with van der Waals surface area (Å²) in [5, 5.41) is 28.2. The van der Waals surface area contributed by atoms with Crippen molar-refractivity contribution in [3.05, 3.63) is 35.3 Å². The van der Waals surface area contributed by atoms with E-state index in [0.29, 0.717) is 24.7 Å². The van der Waals surface area contributed by atoms with Gasteiger partial charge in [0.15, 0.2) is 0 Å². The van der Waals surface area contributed by atoms with Gasteiger partial charge >= 0.3 is 24.8 Å². The van der Waals surface area contributed by atoms with Crippen LogP contribution in [0.15, 0.2) is 18.5 Å². The van der Waals surface area contributed by atoms with Crippen molar-refractivity contribution < 1.29 is 15.0 Å². The Bertz CT molecular complexity index is 864. The van der Waals surface area contributed by atoms with E-state index in [1.165, 1.54) is 4.68 Å². The zero-order chi connectivity index (χ0) is 19.7. The van der Waals surface area contributed by atoms with Crippen molar-refractivity contribution >= 4 is 24.8 Å². The Morgan fingerprint density at radius 3 is 2.79 bits per heavy atom. The number of aryl methyl sites for hydroxylation is 1. The Morgan fingerprint density at radius 2 is 2.07 bits per heavy atom. The Hall–Kier alpha value is -1.69. The number of nitrogens with one attached hydrogen (secondary N) is 1. The fourth-order valence-corrected chi connectivity index (χ4v) is 4.33. The molecule has 1 saturated carbocycles. The molecule has 0 aliphatic heterocycles. The summed E-state index contributed by atoms with van der Waals surface area (Å²) in [4.78, 5) is 16.1. The molecule has 1 unspecified atom stereocenters. The molecule has 2 aromatic heterocycles. The first kappa shape index (κ1) is 22.0. The standard InChI is InChI=1S/C20H27N5O3.Li.H/c21-13-2-4-14(5-3-13)23-10-15(26)11-25-19(20(27)28)17-6-1-12-9-22-8-7-16(12)18(17)24-25;;/h7-9,13-15,23,26H,1-6,10-11,21H2,(H,27,28);;. The van der Waals surface area contributed by atoms with Crippen molar-refractivity contribution in [1.82, 2.24) is 20.1 Å². The van der Waals surface area contributed by atoms with Gasteiger partial charge in [0, 0.05) is 42.1 Å². The fourth-order valence-electron chi connectivity index (χ4n) is 4.33. The van der Waals surface area contributed by atoms with E-state index in [1.807, 2.05) is 12.3 Å². The Kier molecular flexibility index (Phi) is 7.14. The number of hydrogen-bond donors (Lipinski definition) is 4. The number of pyridine rings is 1. The number of carboxylic acids is 1. The molecule has 0 radical (unpaired) electrons. The molecule has 29 heavy (non-hydrogen) atoms. The van der Waals surface area contributed by atoms with Crippen molar-refractivity contribution in [3.63, 3.8) is 0 Å². The monoisotopic (exact) mass is 393 g/mol. The van der Waals surface area contributed by atoms with E-state index in [-0.39, 0.29) is 37.1 Å². The van der Waals surface area contributed by atoms with Crippen molar-refractivity contribution in [1.29, 1.82) is 0 Å². The minimum atomic E-state index is -1.01. The summed E-state index contributed by atoms with van der Waals surface area (Å²) in [6.45, 7) is 0.554. The van der Waals surface area contributed by atoms with Crippen LogP contribution in [0.3, 0.4) is 0 Å². The first-order valence-corrected chi connectivity index (χ1v) is 9.96. The van der Waals surface area contributed by atoms with Gasteiger partial charge < -0.3 is 21.3 Å². The van der Waals surface area contributed by atoms with Gasteiger partial charge in [0.1, 0.15) is 5.69 Å². The molecule has 2 aromatic rings. The summed E-state index contributed by atoms with van der Waals surface area (Å²) in [6, 6.07) is 2.52. The first-order valence-electron chi connectivity index (χ1n) is 9.96. The van der Waals surface area contributed by atoms with Crippen LogP contribution in [-0.4, -0.2) is 74.5 Å². The molecule has 4 rings (SSSR count). The van der Waals surface area contributed by atoms with Crippen LogP contribution in [0.25, 0.3) is 11.3 Å². The third-order valence-corrected chi connectivity index (χ3v) is 5.85. The van der Waals surface area contributed by atoms with Crippen molar-refractivity contribution in [2.24, 2.45) is 5.73 Å². The number of aliphatic hydroxyl groups is 1. The molecule has 2 aliphatic rings. The quantitative estimate of drug-likeness (QED) is 0.521. The molecule has 1 fully saturated rings. The van der Waals surface area contributed by atoms with Crippen LogP contribution in [0.2, 0.25) is 0 Å². The number of aromatic carboxylic acids is 1. The summed E-state index contributed by atoms with van der Waals surface area (Å²) in [7, 11) is 0. The number of nitrogens with zero attached hydrogens (tertiary/aromatic N) is 3. The summed E-state index contributed by atoms with van der Waals surface area (Å²) in [5.74, 6) is -1.01. The van der Waals surface area contributed by atoms with Crippen LogP contribution in [0, 0.1) is 0 Å². The van der Waals surface area contributed by atoms with Gasteiger partial charge in [-0.25, -0.2) is 4.79 Å². The summed E-state index contributed by atoms with van der Waals surface area (Å²) >= 11 is 0. The van der Waals surface area contributed by atoms with Crippen LogP contribution in [-0.2, 0) is 19.4 Å². The van der Waals surface area contributed by atoms with Gasteiger partial charge in [-0.05, 0) is 50.2 Å². The van der Waals surface area contributed by atoms with Crippen molar-refractivity contribution in [3.8, 4) is 11.3 Å². The molecule has 5 N–H and O–H groups in total. The number of hydrogen-bond acceptors (Lipinski definition) is 6. The molecule has 2 heterocycles. The number of carboxylic acid groups (broad SMARTS) is 1. The molecular formula is C20H28LiN5O3. The SMILES string of the molecule is NC1CCC(NCC(O)Cn2nc3c(c2C(=O)O)CCc2cnccc2-3)CC1.[LiH]. The number of carbonyl (C=O) groups is 1. The van der Waals surface area contributed by atoms with Crippen molar-refractivity contribution in [2.45, 2.75) is 63.3 Å². The van der Waals surface area contributed by atoms with Gasteiger partial charge in [-0.1, -0.05) is 0 Å². The van der Waals surface area contributed by atoms with E-state index in [4.69, 9.17) is 5.73 Å². The number of nitrogens with two attached hydrogens (primary N) is 1. The molecule has 0 amide bonds. The molecule has 0 bridgehead atoms. The van der Waals surface area contributed by atoms with Crippen LogP contribution in [0.4, 0.5) is 0 Å². The van der Waals surface area contributed by atoms with Gasteiger partial charge in [-0.2, -0.15) is 5.10 Å². The van der Waals surface area contributed by atoms with Crippen LogP contribution >= 0.6 is 0 Å². The molecule has 152 valence electrons. The first-order chi connectivity index (χ1) is 13.5. The second-order valence-corrected chi connectivity index (χ2v) is 7.87. The molecule has 0 spiro atoms. The maximum absolute atomic E-state index is 11.9. The summed E-state index contributed by atoms with van der Waals surface area (Å²) < 4.78 is 1.45. The van der Waals surface area contributed by atoms with Crippen LogP contribution < -0.4 is 11.1 Å². The van der Waals surface area contributed by atoms with Gasteiger partial charge in [-0.15, -0.1) is 0 Å². The van der Waals surface area contributed by atoms with E-state index in [2.05, 4.69) is 15.4 Å². The molecule has 0 saturated heterocycles. The molecule has 0 aromatic carbocycles. The van der Waals surface area contributed by atoms with Gasteiger partial charge in [0.05, 0.1) is 18.3 Å². The van der Waals surface area contributed by atoms with Gasteiger partial charge in [-0.3, -0.25) is 9.67 Å². The predicted molar refractivity (Wildman–Crippen MR) is 111 cm³/mol. The average molecular weight is 393 g/mol. The number of aromatic nitrogens is 3. The molecule has 8 nitrogen and oxygen atoms in total.